The van der Waals surface area contributed by atoms with Crippen molar-refractivity contribution in [1.82, 2.24) is 9.44 Å². The van der Waals surface area contributed by atoms with Crippen LogP contribution in [0.4, 0.5) is 0 Å². The highest BCUT2D eigenvalue weighted by Crippen LogP contribution is 2.19. The Morgan fingerprint density at radius 1 is 1.53 bits per heavy atom. The Labute approximate surface area is 88.9 Å². The van der Waals surface area contributed by atoms with Crippen molar-refractivity contribution in [3.63, 3.8) is 0 Å². The van der Waals surface area contributed by atoms with Gasteiger partial charge in [0.05, 0.1) is 5.54 Å². The molecule has 5 N–H and O–H groups in total. The SMILES string of the molecule is CC(C)(NS(=O)(=O)NC1CC1)C(N)=NO. The molecule has 7 nitrogen and oxygen atoms in total. The van der Waals surface area contributed by atoms with Crippen LogP contribution in [0.5, 0.6) is 0 Å². The first-order chi connectivity index (χ1) is 6.77. The van der Waals surface area contributed by atoms with E-state index in [9.17, 15) is 8.42 Å². The van der Waals surface area contributed by atoms with Crippen molar-refractivity contribution < 1.29 is 13.6 Å². The summed E-state index contributed by atoms with van der Waals surface area (Å²) in [6.45, 7) is 3.02. The average molecular weight is 236 g/mol. The van der Waals surface area contributed by atoms with Crippen LogP contribution in [0, 0.1) is 0 Å². The molecular formula is C7H16N4O3S. The van der Waals surface area contributed by atoms with Crippen molar-refractivity contribution in [2.75, 3.05) is 0 Å². The van der Waals surface area contributed by atoms with Gasteiger partial charge in [0.1, 0.15) is 0 Å². The molecule has 0 aromatic rings. The molecule has 0 unspecified atom stereocenters. The van der Waals surface area contributed by atoms with Crippen molar-refractivity contribution in [3.8, 4) is 0 Å². The number of nitrogens with one attached hydrogen (secondary N) is 2. The van der Waals surface area contributed by atoms with E-state index in [1.165, 1.54) is 13.8 Å². The first kappa shape index (κ1) is 12.2. The Kier molecular flexibility index (Phi) is 3.22. The molecule has 0 saturated heterocycles. The first-order valence-electron chi connectivity index (χ1n) is 4.56. The van der Waals surface area contributed by atoms with E-state index in [1.54, 1.807) is 0 Å². The number of oxime groups is 1. The Bertz CT molecular complexity index is 358. The van der Waals surface area contributed by atoms with E-state index in [0.29, 0.717) is 0 Å². The minimum atomic E-state index is -3.60. The van der Waals surface area contributed by atoms with E-state index in [1.807, 2.05) is 0 Å². The van der Waals surface area contributed by atoms with Gasteiger partial charge in [-0.05, 0) is 26.7 Å². The second kappa shape index (κ2) is 3.95. The predicted octanol–water partition coefficient (Wildman–Crippen LogP) is -0.902. The van der Waals surface area contributed by atoms with Crippen LogP contribution < -0.4 is 15.2 Å². The van der Waals surface area contributed by atoms with Crippen molar-refractivity contribution in [2.24, 2.45) is 10.9 Å². The summed E-state index contributed by atoms with van der Waals surface area (Å²) < 4.78 is 27.7. The topological polar surface area (TPSA) is 117 Å². The Morgan fingerprint density at radius 2 is 2.07 bits per heavy atom. The molecule has 0 heterocycles. The number of rotatable bonds is 5. The summed E-state index contributed by atoms with van der Waals surface area (Å²) in [7, 11) is -3.60. The third-order valence-electron chi connectivity index (χ3n) is 2.04. The minimum Gasteiger partial charge on any atom is -0.409 e. The van der Waals surface area contributed by atoms with E-state index in [4.69, 9.17) is 10.9 Å². The van der Waals surface area contributed by atoms with E-state index in [0.717, 1.165) is 12.8 Å². The number of hydrogen-bond donors (Lipinski definition) is 4. The first-order valence-corrected chi connectivity index (χ1v) is 6.04. The largest absolute Gasteiger partial charge is 0.409 e. The third kappa shape index (κ3) is 3.65. The van der Waals surface area contributed by atoms with Crippen molar-refractivity contribution in [1.29, 1.82) is 0 Å². The molecule has 1 aliphatic rings. The van der Waals surface area contributed by atoms with E-state index in [2.05, 4.69) is 14.6 Å². The molecule has 0 aromatic carbocycles. The summed E-state index contributed by atoms with van der Waals surface area (Å²) in [5.74, 6) is -0.191. The van der Waals surface area contributed by atoms with Crippen LogP contribution in [-0.2, 0) is 10.2 Å². The molecule has 8 heteroatoms. The van der Waals surface area contributed by atoms with Gasteiger partial charge < -0.3 is 10.9 Å². The lowest BCUT2D eigenvalue weighted by molar-refractivity contribution is 0.312. The van der Waals surface area contributed by atoms with Gasteiger partial charge in [0.15, 0.2) is 5.84 Å². The van der Waals surface area contributed by atoms with Gasteiger partial charge in [0, 0.05) is 6.04 Å². The van der Waals surface area contributed by atoms with Gasteiger partial charge >= 0.3 is 0 Å². The van der Waals surface area contributed by atoms with Crippen LogP contribution in [-0.4, -0.2) is 31.0 Å². The Balaban J connectivity index is 2.66. The van der Waals surface area contributed by atoms with Crippen LogP contribution in [0.1, 0.15) is 26.7 Å². The molecule has 1 rings (SSSR count). The van der Waals surface area contributed by atoms with Crippen LogP contribution in [0.2, 0.25) is 0 Å². The van der Waals surface area contributed by atoms with Crippen LogP contribution in [0.25, 0.3) is 0 Å². The van der Waals surface area contributed by atoms with Crippen molar-refractivity contribution >= 4 is 16.0 Å². The molecule has 1 fully saturated rings. The van der Waals surface area contributed by atoms with Crippen LogP contribution in [0.15, 0.2) is 5.16 Å². The molecule has 1 saturated carbocycles. The molecule has 0 atom stereocenters. The molecule has 15 heavy (non-hydrogen) atoms. The second-order valence-corrected chi connectivity index (χ2v) is 5.55. The summed E-state index contributed by atoms with van der Waals surface area (Å²) in [5, 5.41) is 11.2. The highest BCUT2D eigenvalue weighted by molar-refractivity contribution is 7.87. The summed E-state index contributed by atoms with van der Waals surface area (Å²) >= 11 is 0. The van der Waals surface area contributed by atoms with Crippen LogP contribution >= 0.6 is 0 Å². The molecule has 0 radical (unpaired) electrons. The molecule has 0 amide bonds. The monoisotopic (exact) mass is 236 g/mol. The molecular weight excluding hydrogens is 220 g/mol. The van der Waals surface area contributed by atoms with Gasteiger partial charge in [0.2, 0.25) is 0 Å². The molecule has 0 bridgehead atoms. The smallest absolute Gasteiger partial charge is 0.278 e. The maximum Gasteiger partial charge on any atom is 0.278 e. The highest BCUT2D eigenvalue weighted by Gasteiger charge is 2.33. The van der Waals surface area contributed by atoms with Gasteiger partial charge in [-0.3, -0.25) is 0 Å². The minimum absolute atomic E-state index is 0.0191. The van der Waals surface area contributed by atoms with E-state index < -0.39 is 15.7 Å². The lowest BCUT2D eigenvalue weighted by Gasteiger charge is -2.24. The van der Waals surface area contributed by atoms with Crippen molar-refractivity contribution in [2.45, 2.75) is 38.3 Å². The van der Waals surface area contributed by atoms with Gasteiger partial charge in [-0.1, -0.05) is 5.16 Å². The number of hydrogen-bond acceptors (Lipinski definition) is 4. The maximum atomic E-state index is 11.5. The molecule has 0 aromatic heterocycles. The number of nitrogens with zero attached hydrogens (tertiary/aromatic N) is 1. The summed E-state index contributed by atoms with van der Waals surface area (Å²) in [5.41, 5.74) is 4.23. The standard InChI is InChI=1S/C7H16N4O3S/c1-7(2,6(8)9-12)11-15(13,14)10-5-3-4-5/h5,10-12H,3-4H2,1-2H3,(H2,8,9). The summed E-state index contributed by atoms with van der Waals surface area (Å²) in [6.07, 6.45) is 1.70. The normalized spacial score (nSPS) is 19.2. The molecule has 88 valence electrons. The average Bonchev–Trinajstić information content (AvgIpc) is 2.83. The van der Waals surface area contributed by atoms with Gasteiger partial charge in [-0.15, -0.1) is 0 Å². The van der Waals surface area contributed by atoms with Gasteiger partial charge in [0.25, 0.3) is 10.2 Å². The fraction of sp³-hybridized carbons (Fsp3) is 0.857. The molecule has 0 spiro atoms. The summed E-state index contributed by atoms with van der Waals surface area (Å²) in [6, 6.07) is 0.0191. The van der Waals surface area contributed by atoms with E-state index >= 15 is 0 Å². The molecule has 1 aliphatic carbocycles. The molecule has 0 aliphatic heterocycles. The third-order valence-corrected chi connectivity index (χ3v) is 3.46. The number of nitrogens with two attached hydrogens (primary N) is 1. The zero-order valence-electron chi connectivity index (χ0n) is 8.69. The Morgan fingerprint density at radius 3 is 2.47 bits per heavy atom. The zero-order valence-corrected chi connectivity index (χ0v) is 9.50. The van der Waals surface area contributed by atoms with Crippen LogP contribution in [0.3, 0.4) is 0 Å². The zero-order chi connectivity index (χ0) is 11.7. The maximum absolute atomic E-state index is 11.5. The highest BCUT2D eigenvalue weighted by atomic mass is 32.2. The van der Waals surface area contributed by atoms with Gasteiger partial charge in [-0.2, -0.15) is 17.9 Å². The predicted molar refractivity (Wildman–Crippen MR) is 55.7 cm³/mol. The number of amidine groups is 1. The Hall–Kier alpha value is -0.860. The quantitative estimate of drug-likeness (QED) is 0.214. The summed E-state index contributed by atoms with van der Waals surface area (Å²) in [4.78, 5) is 0. The lowest BCUT2D eigenvalue weighted by atomic mass is 10.1. The van der Waals surface area contributed by atoms with E-state index in [-0.39, 0.29) is 11.9 Å². The second-order valence-electron chi connectivity index (χ2n) is 4.11. The lowest BCUT2D eigenvalue weighted by Crippen LogP contribution is -2.56. The van der Waals surface area contributed by atoms with Gasteiger partial charge in [-0.25, -0.2) is 0 Å². The van der Waals surface area contributed by atoms with Crippen molar-refractivity contribution in [3.05, 3.63) is 0 Å². The fourth-order valence-electron chi connectivity index (χ4n) is 0.963. The fourth-order valence-corrected chi connectivity index (χ4v) is 2.47.